The maximum atomic E-state index is 11.7. The second-order valence-corrected chi connectivity index (χ2v) is 4.72. The lowest BCUT2D eigenvalue weighted by Gasteiger charge is -2.08. The normalized spacial score (nSPS) is 10.1. The molecule has 104 valence electrons. The summed E-state index contributed by atoms with van der Waals surface area (Å²) in [5.74, 6) is 0.420. The largest absolute Gasteiger partial charge is 0.484 e. The van der Waals surface area contributed by atoms with Gasteiger partial charge >= 0.3 is 0 Å². The van der Waals surface area contributed by atoms with E-state index in [0.29, 0.717) is 17.3 Å². The Balaban J connectivity index is 1.78. The highest BCUT2D eigenvalue weighted by Gasteiger charge is 2.04. The minimum atomic E-state index is -0.190. The Morgan fingerprint density at radius 3 is 2.75 bits per heavy atom. The minimum Gasteiger partial charge on any atom is -0.484 e. The maximum absolute atomic E-state index is 11.7. The lowest BCUT2D eigenvalue weighted by atomic mass is 10.2. The molecular weight excluding hydrogens is 276 g/mol. The number of aryl methyl sites for hydroxylation is 1. The summed E-state index contributed by atoms with van der Waals surface area (Å²) >= 11 is 5.76. The number of nitrogens with one attached hydrogen (secondary N) is 1. The first-order chi connectivity index (χ1) is 9.65. The SMILES string of the molecule is Cc1cccnc1CNC(=O)COc1ccc(Cl)cc1. The van der Waals surface area contributed by atoms with Crippen LogP contribution in [0.1, 0.15) is 11.3 Å². The van der Waals surface area contributed by atoms with Gasteiger partial charge in [0.05, 0.1) is 12.2 Å². The second-order valence-electron chi connectivity index (χ2n) is 4.29. The lowest BCUT2D eigenvalue weighted by molar-refractivity contribution is -0.123. The molecule has 0 spiro atoms. The molecule has 0 aliphatic carbocycles. The molecule has 1 amide bonds. The molecule has 0 saturated heterocycles. The maximum Gasteiger partial charge on any atom is 0.258 e. The van der Waals surface area contributed by atoms with Crippen molar-refractivity contribution in [3.8, 4) is 5.75 Å². The van der Waals surface area contributed by atoms with Gasteiger partial charge in [-0.1, -0.05) is 17.7 Å². The van der Waals surface area contributed by atoms with Crippen molar-refractivity contribution in [1.82, 2.24) is 10.3 Å². The van der Waals surface area contributed by atoms with Crippen LogP contribution in [-0.2, 0) is 11.3 Å². The van der Waals surface area contributed by atoms with Crippen LogP contribution in [0.5, 0.6) is 5.75 Å². The van der Waals surface area contributed by atoms with Gasteiger partial charge in [0.15, 0.2) is 6.61 Å². The Labute approximate surface area is 122 Å². The smallest absolute Gasteiger partial charge is 0.258 e. The van der Waals surface area contributed by atoms with Crippen LogP contribution in [0.25, 0.3) is 0 Å². The first-order valence-electron chi connectivity index (χ1n) is 6.21. The van der Waals surface area contributed by atoms with E-state index in [1.807, 2.05) is 19.1 Å². The van der Waals surface area contributed by atoms with E-state index in [4.69, 9.17) is 16.3 Å². The molecule has 4 nitrogen and oxygen atoms in total. The van der Waals surface area contributed by atoms with Gasteiger partial charge in [0.1, 0.15) is 5.75 Å². The van der Waals surface area contributed by atoms with Crippen molar-refractivity contribution in [2.24, 2.45) is 0 Å². The summed E-state index contributed by atoms with van der Waals surface area (Å²) in [6.45, 7) is 2.32. The predicted molar refractivity (Wildman–Crippen MR) is 77.8 cm³/mol. The summed E-state index contributed by atoms with van der Waals surface area (Å²) in [5, 5.41) is 3.40. The van der Waals surface area contributed by atoms with Gasteiger partial charge in [-0.25, -0.2) is 0 Å². The molecule has 1 N–H and O–H groups in total. The molecule has 0 aliphatic rings. The van der Waals surface area contributed by atoms with Gasteiger partial charge in [0.25, 0.3) is 5.91 Å². The average molecular weight is 291 g/mol. The van der Waals surface area contributed by atoms with E-state index in [2.05, 4.69) is 10.3 Å². The van der Waals surface area contributed by atoms with Crippen molar-refractivity contribution in [2.75, 3.05) is 6.61 Å². The summed E-state index contributed by atoms with van der Waals surface area (Å²) < 4.78 is 5.35. The van der Waals surface area contributed by atoms with Crippen molar-refractivity contribution in [2.45, 2.75) is 13.5 Å². The molecule has 1 heterocycles. The molecule has 0 saturated carbocycles. The molecule has 0 atom stereocenters. The van der Waals surface area contributed by atoms with Crippen molar-refractivity contribution in [3.63, 3.8) is 0 Å². The molecule has 0 aliphatic heterocycles. The van der Waals surface area contributed by atoms with E-state index in [9.17, 15) is 4.79 Å². The molecule has 1 aromatic heterocycles. The third kappa shape index (κ3) is 4.24. The number of hydrogen-bond donors (Lipinski definition) is 1. The monoisotopic (exact) mass is 290 g/mol. The molecule has 2 aromatic rings. The molecule has 0 fully saturated rings. The molecule has 20 heavy (non-hydrogen) atoms. The highest BCUT2D eigenvalue weighted by Crippen LogP contribution is 2.15. The van der Waals surface area contributed by atoms with E-state index in [-0.39, 0.29) is 12.5 Å². The van der Waals surface area contributed by atoms with Crippen LogP contribution in [0.3, 0.4) is 0 Å². The topological polar surface area (TPSA) is 51.2 Å². The fourth-order valence-electron chi connectivity index (χ4n) is 1.62. The van der Waals surface area contributed by atoms with Crippen molar-refractivity contribution in [1.29, 1.82) is 0 Å². The van der Waals surface area contributed by atoms with Gasteiger partial charge in [-0.2, -0.15) is 0 Å². The first-order valence-corrected chi connectivity index (χ1v) is 6.58. The molecule has 0 radical (unpaired) electrons. The third-order valence-corrected chi connectivity index (χ3v) is 3.01. The Bertz CT molecular complexity index is 585. The summed E-state index contributed by atoms with van der Waals surface area (Å²) in [4.78, 5) is 15.9. The van der Waals surface area contributed by atoms with Gasteiger partial charge in [0, 0.05) is 11.2 Å². The Morgan fingerprint density at radius 1 is 1.30 bits per heavy atom. The molecule has 0 bridgehead atoms. The van der Waals surface area contributed by atoms with Gasteiger partial charge in [0.2, 0.25) is 0 Å². The summed E-state index contributed by atoms with van der Waals surface area (Å²) in [5.41, 5.74) is 1.90. The number of halogens is 1. The van der Waals surface area contributed by atoms with Crippen LogP contribution >= 0.6 is 11.6 Å². The zero-order valence-corrected chi connectivity index (χ0v) is 11.9. The number of hydrogen-bond acceptors (Lipinski definition) is 3. The number of carbonyl (C=O) groups excluding carboxylic acids is 1. The van der Waals surface area contributed by atoms with Crippen LogP contribution in [0.4, 0.5) is 0 Å². The lowest BCUT2D eigenvalue weighted by Crippen LogP contribution is -2.29. The zero-order chi connectivity index (χ0) is 14.4. The summed E-state index contributed by atoms with van der Waals surface area (Å²) in [6, 6.07) is 10.7. The second kappa shape index (κ2) is 6.91. The number of carbonyl (C=O) groups is 1. The Hall–Kier alpha value is -2.07. The Kier molecular flexibility index (Phi) is 4.96. The molecule has 5 heteroatoms. The van der Waals surface area contributed by atoms with E-state index in [1.54, 1.807) is 30.5 Å². The third-order valence-electron chi connectivity index (χ3n) is 2.75. The highest BCUT2D eigenvalue weighted by molar-refractivity contribution is 6.30. The van der Waals surface area contributed by atoms with Crippen molar-refractivity contribution in [3.05, 3.63) is 58.9 Å². The van der Waals surface area contributed by atoms with E-state index < -0.39 is 0 Å². The fraction of sp³-hybridized carbons (Fsp3) is 0.200. The number of aromatic nitrogens is 1. The van der Waals surface area contributed by atoms with Gasteiger partial charge in [-0.05, 0) is 42.8 Å². The summed E-state index contributed by atoms with van der Waals surface area (Å²) in [6.07, 6.45) is 1.71. The molecule has 0 unspecified atom stereocenters. The van der Waals surface area contributed by atoms with Gasteiger partial charge < -0.3 is 10.1 Å². The minimum absolute atomic E-state index is 0.0342. The van der Waals surface area contributed by atoms with E-state index in [0.717, 1.165) is 11.3 Å². The van der Waals surface area contributed by atoms with Crippen LogP contribution < -0.4 is 10.1 Å². The van der Waals surface area contributed by atoms with Gasteiger partial charge in [-0.15, -0.1) is 0 Å². The fourth-order valence-corrected chi connectivity index (χ4v) is 1.74. The predicted octanol–water partition coefficient (Wildman–Crippen LogP) is 2.74. The molecule has 1 aromatic carbocycles. The average Bonchev–Trinajstić information content (AvgIpc) is 2.46. The van der Waals surface area contributed by atoms with Crippen LogP contribution in [0, 0.1) is 6.92 Å². The van der Waals surface area contributed by atoms with Gasteiger partial charge in [-0.3, -0.25) is 9.78 Å². The molecule has 2 rings (SSSR count). The number of nitrogens with zero attached hydrogens (tertiary/aromatic N) is 1. The quantitative estimate of drug-likeness (QED) is 0.921. The standard InChI is InChI=1S/C15H15ClN2O2/c1-11-3-2-8-17-14(11)9-18-15(19)10-20-13-6-4-12(16)5-7-13/h2-8H,9-10H2,1H3,(H,18,19). The molecular formula is C15H15ClN2O2. The first kappa shape index (κ1) is 14.3. The number of benzene rings is 1. The number of rotatable bonds is 5. The van der Waals surface area contributed by atoms with Crippen LogP contribution in [0.15, 0.2) is 42.6 Å². The zero-order valence-electron chi connectivity index (χ0n) is 11.1. The summed E-state index contributed by atoms with van der Waals surface area (Å²) in [7, 11) is 0. The number of pyridine rings is 1. The highest BCUT2D eigenvalue weighted by atomic mass is 35.5. The number of amides is 1. The van der Waals surface area contributed by atoms with Crippen LogP contribution in [0.2, 0.25) is 5.02 Å². The Morgan fingerprint density at radius 2 is 2.05 bits per heavy atom. The van der Waals surface area contributed by atoms with E-state index in [1.165, 1.54) is 0 Å². The number of ether oxygens (including phenoxy) is 1. The van der Waals surface area contributed by atoms with E-state index >= 15 is 0 Å². The van der Waals surface area contributed by atoms with Crippen LogP contribution in [-0.4, -0.2) is 17.5 Å². The van der Waals surface area contributed by atoms with Crippen molar-refractivity contribution >= 4 is 17.5 Å². The van der Waals surface area contributed by atoms with Crippen molar-refractivity contribution < 1.29 is 9.53 Å².